The molecule has 0 saturated carbocycles. The summed E-state index contributed by atoms with van der Waals surface area (Å²) in [4.78, 5) is 23.4. The first-order valence-electron chi connectivity index (χ1n) is 7.16. The zero-order valence-corrected chi connectivity index (χ0v) is 14.6. The number of hydrogen-bond donors (Lipinski definition) is 2. The molecule has 0 aliphatic heterocycles. The van der Waals surface area contributed by atoms with Crippen LogP contribution in [0.25, 0.3) is 0 Å². The number of halogens is 1. The minimum atomic E-state index is -0.457. The zero-order valence-electron chi connectivity index (χ0n) is 13.0. The number of hydrogen-bond acceptors (Lipinski definition) is 5. The third kappa shape index (κ3) is 5.31. The summed E-state index contributed by atoms with van der Waals surface area (Å²) >= 11 is 3.10. The lowest BCUT2D eigenvalue weighted by atomic mass is 10.3. The monoisotopic (exact) mass is 396 g/mol. The van der Waals surface area contributed by atoms with E-state index >= 15 is 0 Å². The molecule has 2 aromatic rings. The second-order valence-electron chi connectivity index (χ2n) is 4.64. The van der Waals surface area contributed by atoms with Gasteiger partial charge in [0.1, 0.15) is 6.61 Å². The van der Waals surface area contributed by atoms with Gasteiger partial charge in [-0.3, -0.25) is 9.59 Å². The largest absolute Gasteiger partial charge is 0.493 e. The molecule has 1 aromatic heterocycles. The molecule has 0 aliphatic carbocycles. The standard InChI is InChI=1S/C16H17BrN2O5/c1-22-11-4-2-3-5-12(11)23-9-8-18-15(20)10-19-16(21)13-6-7-14(17)24-13/h2-7H,8-10H2,1H3,(H,18,20)(H,19,21). The van der Waals surface area contributed by atoms with Crippen molar-refractivity contribution in [3.63, 3.8) is 0 Å². The van der Waals surface area contributed by atoms with Gasteiger partial charge in [0.25, 0.3) is 5.91 Å². The molecule has 24 heavy (non-hydrogen) atoms. The van der Waals surface area contributed by atoms with E-state index in [2.05, 4.69) is 26.6 Å². The SMILES string of the molecule is COc1ccccc1OCCNC(=O)CNC(=O)c1ccc(Br)o1. The van der Waals surface area contributed by atoms with E-state index in [9.17, 15) is 9.59 Å². The normalized spacial score (nSPS) is 10.1. The molecule has 0 aliphatic rings. The maximum Gasteiger partial charge on any atom is 0.287 e. The van der Waals surface area contributed by atoms with Crippen molar-refractivity contribution < 1.29 is 23.5 Å². The number of para-hydroxylation sites is 2. The van der Waals surface area contributed by atoms with Crippen molar-refractivity contribution >= 4 is 27.7 Å². The maximum atomic E-state index is 11.7. The average molecular weight is 397 g/mol. The quantitative estimate of drug-likeness (QED) is 0.665. The lowest BCUT2D eigenvalue weighted by Gasteiger charge is -2.11. The smallest absolute Gasteiger partial charge is 0.287 e. The Balaban J connectivity index is 1.65. The second-order valence-corrected chi connectivity index (χ2v) is 5.42. The Morgan fingerprint density at radius 1 is 1.12 bits per heavy atom. The van der Waals surface area contributed by atoms with E-state index in [1.807, 2.05) is 12.1 Å². The lowest BCUT2D eigenvalue weighted by Crippen LogP contribution is -2.38. The van der Waals surface area contributed by atoms with Gasteiger partial charge in [0.15, 0.2) is 21.9 Å². The van der Waals surface area contributed by atoms with E-state index in [-0.39, 0.29) is 24.8 Å². The third-order valence-electron chi connectivity index (χ3n) is 2.96. The summed E-state index contributed by atoms with van der Waals surface area (Å²) in [5.74, 6) is 0.583. The van der Waals surface area contributed by atoms with Crippen molar-refractivity contribution in [2.45, 2.75) is 0 Å². The minimum Gasteiger partial charge on any atom is -0.493 e. The highest BCUT2D eigenvalue weighted by Gasteiger charge is 2.11. The first-order chi connectivity index (χ1) is 11.6. The third-order valence-corrected chi connectivity index (χ3v) is 3.38. The fraction of sp³-hybridized carbons (Fsp3) is 0.250. The van der Waals surface area contributed by atoms with Gasteiger partial charge in [-0.05, 0) is 40.2 Å². The molecule has 8 heteroatoms. The Bertz CT molecular complexity index is 701. The van der Waals surface area contributed by atoms with Crippen molar-refractivity contribution in [2.24, 2.45) is 0 Å². The van der Waals surface area contributed by atoms with Gasteiger partial charge in [-0.2, -0.15) is 0 Å². The van der Waals surface area contributed by atoms with E-state index < -0.39 is 5.91 Å². The molecule has 0 fully saturated rings. The minimum absolute atomic E-state index is 0.134. The van der Waals surface area contributed by atoms with Crippen LogP contribution in [0.3, 0.4) is 0 Å². The molecule has 2 N–H and O–H groups in total. The number of methoxy groups -OCH3 is 1. The van der Waals surface area contributed by atoms with E-state index in [0.717, 1.165) is 0 Å². The predicted octanol–water partition coefficient (Wildman–Crippen LogP) is 1.98. The number of benzene rings is 1. The van der Waals surface area contributed by atoms with Crippen LogP contribution in [0.2, 0.25) is 0 Å². The van der Waals surface area contributed by atoms with Crippen molar-refractivity contribution in [3.8, 4) is 11.5 Å². The molecule has 0 bridgehead atoms. The second kappa shape index (κ2) is 8.97. The molecule has 0 radical (unpaired) electrons. The summed E-state index contributed by atoms with van der Waals surface area (Å²) in [7, 11) is 1.56. The van der Waals surface area contributed by atoms with Crippen molar-refractivity contribution in [3.05, 3.63) is 46.8 Å². The Kier molecular flexibility index (Phi) is 6.68. The summed E-state index contributed by atoms with van der Waals surface area (Å²) < 4.78 is 16.2. The molecule has 0 unspecified atom stereocenters. The van der Waals surface area contributed by atoms with E-state index in [0.29, 0.717) is 22.7 Å². The number of rotatable bonds is 8. The molecular weight excluding hydrogens is 380 g/mol. The van der Waals surface area contributed by atoms with Gasteiger partial charge < -0.3 is 24.5 Å². The predicted molar refractivity (Wildman–Crippen MR) is 90.2 cm³/mol. The maximum absolute atomic E-state index is 11.7. The van der Waals surface area contributed by atoms with Gasteiger partial charge >= 0.3 is 0 Å². The van der Waals surface area contributed by atoms with Crippen LogP contribution >= 0.6 is 15.9 Å². The summed E-state index contributed by atoms with van der Waals surface area (Å²) in [5.41, 5.74) is 0. The van der Waals surface area contributed by atoms with Crippen LogP contribution in [0.5, 0.6) is 11.5 Å². The van der Waals surface area contributed by atoms with Crippen molar-refractivity contribution in [1.29, 1.82) is 0 Å². The molecule has 2 rings (SSSR count). The zero-order chi connectivity index (χ0) is 17.4. The number of nitrogens with one attached hydrogen (secondary N) is 2. The Morgan fingerprint density at radius 2 is 1.88 bits per heavy atom. The van der Waals surface area contributed by atoms with E-state index in [1.54, 1.807) is 25.3 Å². The Hall–Kier alpha value is -2.48. The van der Waals surface area contributed by atoms with Crippen LogP contribution in [-0.4, -0.2) is 38.6 Å². The molecule has 7 nitrogen and oxygen atoms in total. The van der Waals surface area contributed by atoms with Crippen LogP contribution in [-0.2, 0) is 4.79 Å². The first-order valence-corrected chi connectivity index (χ1v) is 7.95. The molecule has 1 heterocycles. The van der Waals surface area contributed by atoms with Crippen molar-refractivity contribution in [1.82, 2.24) is 10.6 Å². The summed E-state index contributed by atoms with van der Waals surface area (Å²) in [6.07, 6.45) is 0. The van der Waals surface area contributed by atoms with Crippen LogP contribution in [0, 0.1) is 0 Å². The van der Waals surface area contributed by atoms with Gasteiger partial charge in [-0.25, -0.2) is 0 Å². The van der Waals surface area contributed by atoms with Gasteiger partial charge in [-0.1, -0.05) is 12.1 Å². The molecule has 128 valence electrons. The average Bonchev–Trinajstić information content (AvgIpc) is 3.03. The van der Waals surface area contributed by atoms with Gasteiger partial charge in [0.2, 0.25) is 5.91 Å². The van der Waals surface area contributed by atoms with Gasteiger partial charge in [0.05, 0.1) is 20.2 Å². The fourth-order valence-corrected chi connectivity index (χ4v) is 2.14. The number of furan rings is 1. The van der Waals surface area contributed by atoms with E-state index in [1.165, 1.54) is 6.07 Å². The van der Waals surface area contributed by atoms with Crippen molar-refractivity contribution in [2.75, 3.05) is 26.8 Å². The molecule has 0 saturated heterocycles. The highest BCUT2D eigenvalue weighted by Crippen LogP contribution is 2.25. The number of carbonyl (C=O) groups excluding carboxylic acids is 2. The topological polar surface area (TPSA) is 89.8 Å². The van der Waals surface area contributed by atoms with Gasteiger partial charge in [0, 0.05) is 0 Å². The van der Waals surface area contributed by atoms with Crippen LogP contribution in [0.15, 0.2) is 45.5 Å². The molecule has 2 amide bonds. The first kappa shape index (κ1) is 17.9. The highest BCUT2D eigenvalue weighted by molar-refractivity contribution is 9.10. The fourth-order valence-electron chi connectivity index (χ4n) is 1.84. The Labute approximate surface area is 147 Å². The van der Waals surface area contributed by atoms with E-state index in [4.69, 9.17) is 13.9 Å². The van der Waals surface area contributed by atoms with Crippen LogP contribution in [0.4, 0.5) is 0 Å². The number of ether oxygens (including phenoxy) is 2. The number of amides is 2. The lowest BCUT2D eigenvalue weighted by molar-refractivity contribution is -0.120. The number of carbonyl (C=O) groups is 2. The summed E-state index contributed by atoms with van der Waals surface area (Å²) in [6.45, 7) is 0.441. The molecule has 1 aromatic carbocycles. The molecule has 0 spiro atoms. The Morgan fingerprint density at radius 3 is 2.54 bits per heavy atom. The molecular formula is C16H17BrN2O5. The van der Waals surface area contributed by atoms with Crippen LogP contribution in [0.1, 0.15) is 10.6 Å². The molecule has 0 atom stereocenters. The summed E-state index contributed by atoms with van der Waals surface area (Å²) in [6, 6.07) is 10.4. The highest BCUT2D eigenvalue weighted by atomic mass is 79.9. The van der Waals surface area contributed by atoms with Crippen LogP contribution < -0.4 is 20.1 Å². The van der Waals surface area contributed by atoms with Gasteiger partial charge in [-0.15, -0.1) is 0 Å². The summed E-state index contributed by atoms with van der Waals surface area (Å²) in [5, 5.41) is 5.11.